The molecule has 0 bridgehead atoms. The minimum Gasteiger partial charge on any atom is -0.502 e. The van der Waals surface area contributed by atoms with Gasteiger partial charge in [-0.05, 0) is 23.3 Å². The number of nitrogens with zero attached hydrogens (tertiary/aromatic N) is 3. The minimum absolute atomic E-state index is 0.0191. The van der Waals surface area contributed by atoms with Crippen LogP contribution < -0.4 is 10.4 Å². The van der Waals surface area contributed by atoms with Crippen LogP contribution in [0.5, 0.6) is 5.75 Å². The van der Waals surface area contributed by atoms with Crippen LogP contribution in [0.4, 0.5) is 8.78 Å². The molecular formula is C25H19F2N3O6S. The van der Waals surface area contributed by atoms with Crippen molar-refractivity contribution >= 4 is 23.6 Å². The van der Waals surface area contributed by atoms with Crippen LogP contribution in [0, 0.1) is 11.6 Å². The number of benzene rings is 2. The molecule has 190 valence electrons. The highest BCUT2D eigenvalue weighted by Gasteiger charge is 2.46. The lowest BCUT2D eigenvalue weighted by Gasteiger charge is -2.51. The molecule has 3 aliphatic rings. The third-order valence-electron chi connectivity index (χ3n) is 6.89. The van der Waals surface area contributed by atoms with E-state index in [1.165, 1.54) is 22.7 Å². The van der Waals surface area contributed by atoms with Crippen molar-refractivity contribution in [3.8, 4) is 5.75 Å². The maximum atomic E-state index is 15.1. The molecule has 3 aliphatic heterocycles. The molecule has 0 radical (unpaired) electrons. The predicted molar refractivity (Wildman–Crippen MR) is 127 cm³/mol. The molecule has 6 rings (SSSR count). The van der Waals surface area contributed by atoms with Gasteiger partial charge in [0.15, 0.2) is 23.1 Å². The van der Waals surface area contributed by atoms with Gasteiger partial charge in [-0.1, -0.05) is 24.3 Å². The van der Waals surface area contributed by atoms with Crippen LogP contribution in [0.15, 0.2) is 52.3 Å². The molecule has 2 atom stereocenters. The number of thioether (sulfide) groups is 1. The number of carboxylic acids is 1. The Labute approximate surface area is 212 Å². The monoisotopic (exact) mass is 527 g/mol. The number of halogens is 2. The summed E-state index contributed by atoms with van der Waals surface area (Å²) in [4.78, 5) is 40.2. The number of rotatable bonds is 2. The van der Waals surface area contributed by atoms with Gasteiger partial charge in [-0.2, -0.15) is 0 Å². The number of carbonyl (C=O) groups is 2. The van der Waals surface area contributed by atoms with Gasteiger partial charge in [-0.25, -0.2) is 13.6 Å². The summed E-state index contributed by atoms with van der Waals surface area (Å²) in [6.07, 6.45) is 0.184. The number of aromatic nitrogens is 1. The molecule has 2 aromatic carbocycles. The lowest BCUT2D eigenvalue weighted by atomic mass is 9.93. The molecule has 0 unspecified atom stereocenters. The fourth-order valence-corrected chi connectivity index (χ4v) is 6.31. The Morgan fingerprint density at radius 2 is 1.89 bits per heavy atom. The standard InChI is InChI=1S/C25H19F2N3O6S/c26-16-6-5-12-15(19(16)27)11-37-17-4-2-1-3-13(17)20(12)30-18-10-36-8-7-28(18)24(33)21-23(32)22(31)14(25(34)35)9-29(21)30/h1-6,9,18,20,32H,7-8,10-11H2,(H,34,35)/t18-,20+/m1/s1. The third-order valence-corrected chi connectivity index (χ3v) is 8.01. The van der Waals surface area contributed by atoms with Crippen LogP contribution in [-0.4, -0.2) is 57.6 Å². The van der Waals surface area contributed by atoms with Gasteiger partial charge in [0.25, 0.3) is 5.91 Å². The van der Waals surface area contributed by atoms with Crippen molar-refractivity contribution in [2.24, 2.45) is 0 Å². The molecule has 37 heavy (non-hydrogen) atoms. The first-order valence-corrected chi connectivity index (χ1v) is 12.4. The molecule has 9 nitrogen and oxygen atoms in total. The number of carboxylic acid groups (broad SMARTS) is 1. The van der Waals surface area contributed by atoms with Crippen LogP contribution in [0.3, 0.4) is 0 Å². The number of amides is 1. The number of ether oxygens (including phenoxy) is 1. The Morgan fingerprint density at radius 1 is 1.11 bits per heavy atom. The van der Waals surface area contributed by atoms with Crippen molar-refractivity contribution in [2.75, 3.05) is 24.8 Å². The van der Waals surface area contributed by atoms with Crippen molar-refractivity contribution in [1.82, 2.24) is 9.58 Å². The van der Waals surface area contributed by atoms with Gasteiger partial charge in [-0.15, -0.1) is 11.8 Å². The second-order valence-corrected chi connectivity index (χ2v) is 9.83. The lowest BCUT2D eigenvalue weighted by molar-refractivity contribution is -0.0198. The van der Waals surface area contributed by atoms with Gasteiger partial charge in [0.05, 0.1) is 19.3 Å². The Balaban J connectivity index is 1.71. The average Bonchev–Trinajstić information content (AvgIpc) is 3.05. The summed E-state index contributed by atoms with van der Waals surface area (Å²) in [6.45, 7) is 0.370. The molecule has 0 saturated carbocycles. The van der Waals surface area contributed by atoms with Crippen molar-refractivity contribution in [2.45, 2.75) is 22.9 Å². The average molecular weight is 528 g/mol. The first-order valence-electron chi connectivity index (χ1n) is 11.4. The van der Waals surface area contributed by atoms with Crippen molar-refractivity contribution in [1.29, 1.82) is 0 Å². The van der Waals surface area contributed by atoms with E-state index in [-0.39, 0.29) is 31.1 Å². The van der Waals surface area contributed by atoms with E-state index in [0.717, 1.165) is 21.8 Å². The fourth-order valence-electron chi connectivity index (χ4n) is 5.20. The van der Waals surface area contributed by atoms with Gasteiger partial charge in [0.1, 0.15) is 11.7 Å². The zero-order valence-corrected chi connectivity index (χ0v) is 19.9. The van der Waals surface area contributed by atoms with E-state index < -0.39 is 58.2 Å². The van der Waals surface area contributed by atoms with E-state index >= 15 is 4.39 Å². The number of morpholine rings is 1. The summed E-state index contributed by atoms with van der Waals surface area (Å²) in [5.41, 5.74) is -1.13. The topological polar surface area (TPSA) is 112 Å². The molecule has 4 heterocycles. The van der Waals surface area contributed by atoms with Gasteiger partial charge in [0.2, 0.25) is 5.43 Å². The Morgan fingerprint density at radius 3 is 2.68 bits per heavy atom. The fraction of sp³-hybridized carbons (Fsp3) is 0.240. The number of aromatic hydroxyl groups is 1. The molecule has 12 heteroatoms. The quantitative estimate of drug-likeness (QED) is 0.523. The highest BCUT2D eigenvalue weighted by atomic mass is 32.2. The van der Waals surface area contributed by atoms with Gasteiger partial charge in [-0.3, -0.25) is 19.3 Å². The summed E-state index contributed by atoms with van der Waals surface area (Å²) >= 11 is 1.32. The second kappa shape index (κ2) is 8.60. The molecule has 1 amide bonds. The van der Waals surface area contributed by atoms with E-state index in [0.29, 0.717) is 11.1 Å². The number of hydrogen-bond acceptors (Lipinski definition) is 7. The highest BCUT2D eigenvalue weighted by Crippen LogP contribution is 2.45. The molecule has 0 aliphatic carbocycles. The maximum absolute atomic E-state index is 15.1. The Hall–Kier alpha value is -3.90. The minimum atomic E-state index is -1.59. The van der Waals surface area contributed by atoms with Crippen LogP contribution in [-0.2, 0) is 10.5 Å². The van der Waals surface area contributed by atoms with Crippen molar-refractivity contribution in [3.05, 3.63) is 92.4 Å². The predicted octanol–water partition coefficient (Wildman–Crippen LogP) is 2.68. The van der Waals surface area contributed by atoms with Crippen LogP contribution >= 0.6 is 11.8 Å². The van der Waals surface area contributed by atoms with Gasteiger partial charge < -0.3 is 19.8 Å². The van der Waals surface area contributed by atoms with E-state index in [4.69, 9.17) is 4.74 Å². The van der Waals surface area contributed by atoms with Crippen LogP contribution in [0.25, 0.3) is 0 Å². The first kappa shape index (κ1) is 23.5. The van der Waals surface area contributed by atoms with E-state index in [2.05, 4.69) is 0 Å². The zero-order valence-electron chi connectivity index (χ0n) is 19.1. The summed E-state index contributed by atoms with van der Waals surface area (Å²) in [5.74, 6) is -5.13. The summed E-state index contributed by atoms with van der Waals surface area (Å²) in [6, 6.07) is 8.87. The van der Waals surface area contributed by atoms with Gasteiger partial charge in [0, 0.05) is 29.0 Å². The number of fused-ring (bicyclic) bond motifs is 4. The maximum Gasteiger partial charge on any atom is 0.341 e. The molecule has 1 saturated heterocycles. The van der Waals surface area contributed by atoms with Crippen molar-refractivity contribution in [3.63, 3.8) is 0 Å². The third kappa shape index (κ3) is 3.43. The largest absolute Gasteiger partial charge is 0.502 e. The Kier molecular flexibility index (Phi) is 5.46. The summed E-state index contributed by atoms with van der Waals surface area (Å²) < 4.78 is 36.3. The highest BCUT2D eigenvalue weighted by molar-refractivity contribution is 7.98. The molecule has 1 fully saturated rings. The van der Waals surface area contributed by atoms with E-state index in [1.54, 1.807) is 11.1 Å². The smallest absolute Gasteiger partial charge is 0.341 e. The van der Waals surface area contributed by atoms with Crippen LogP contribution in [0.1, 0.15) is 43.6 Å². The SMILES string of the molecule is O=C(O)c1cn2c(c(O)c1=O)C(=O)N1CCOC[C@H]1N2[C@@H]1c2ccccc2SCc2c1ccc(F)c2F. The first-order chi connectivity index (χ1) is 17.8. The number of carbonyl (C=O) groups excluding carboxylic acids is 1. The Bertz CT molecular complexity index is 1540. The molecule has 3 aromatic rings. The molecule has 0 spiro atoms. The second-order valence-electron chi connectivity index (χ2n) is 8.81. The zero-order chi connectivity index (χ0) is 26.0. The molecule has 1 aromatic heterocycles. The summed E-state index contributed by atoms with van der Waals surface area (Å²) in [7, 11) is 0. The summed E-state index contributed by atoms with van der Waals surface area (Å²) in [5, 5.41) is 22.0. The van der Waals surface area contributed by atoms with E-state index in [1.807, 2.05) is 18.2 Å². The van der Waals surface area contributed by atoms with Gasteiger partial charge >= 0.3 is 5.97 Å². The normalized spacial score (nSPS) is 20.4. The lowest BCUT2D eigenvalue weighted by Crippen LogP contribution is -2.66. The molecular weight excluding hydrogens is 508 g/mol. The number of hydrogen-bond donors (Lipinski definition) is 2. The molecule has 2 N–H and O–H groups in total. The number of aromatic carboxylic acids is 1. The van der Waals surface area contributed by atoms with Crippen LogP contribution in [0.2, 0.25) is 0 Å². The number of pyridine rings is 1. The van der Waals surface area contributed by atoms with E-state index in [9.17, 15) is 29.0 Å². The van der Waals surface area contributed by atoms with Crippen molar-refractivity contribution < 1.29 is 33.3 Å².